The van der Waals surface area contributed by atoms with Crippen molar-refractivity contribution in [1.82, 2.24) is 0 Å². The molecule has 0 radical (unpaired) electrons. The molecule has 14 heavy (non-hydrogen) atoms. The highest BCUT2D eigenvalue weighted by molar-refractivity contribution is 5.45. The number of fused-ring (bicyclic) bond motifs is 2. The summed E-state index contributed by atoms with van der Waals surface area (Å²) in [7, 11) is 0. The highest BCUT2D eigenvalue weighted by Gasteiger charge is 2.45. The van der Waals surface area contributed by atoms with Gasteiger partial charge in [0.25, 0.3) is 5.79 Å². The maximum Gasteiger partial charge on any atom is 0.277 e. The molecule has 3 nitrogen and oxygen atoms in total. The van der Waals surface area contributed by atoms with Gasteiger partial charge in [-0.3, -0.25) is 0 Å². The summed E-state index contributed by atoms with van der Waals surface area (Å²) in [5, 5.41) is 9.64. The summed E-state index contributed by atoms with van der Waals surface area (Å²) in [6, 6.07) is 5.45. The summed E-state index contributed by atoms with van der Waals surface area (Å²) in [5.41, 5.74) is 1.89. The van der Waals surface area contributed by atoms with E-state index in [2.05, 4.69) is 0 Å². The predicted molar refractivity (Wildman–Crippen MR) is 49.4 cm³/mol. The Morgan fingerprint density at radius 3 is 2.79 bits per heavy atom. The van der Waals surface area contributed by atoms with Crippen LogP contribution in [0.3, 0.4) is 0 Å². The summed E-state index contributed by atoms with van der Waals surface area (Å²) in [6.45, 7) is 0. The van der Waals surface area contributed by atoms with Crippen LogP contribution in [0, 0.1) is 0 Å². The molecule has 0 saturated carbocycles. The molecule has 3 rings (SSSR count). The van der Waals surface area contributed by atoms with Crippen molar-refractivity contribution in [3.05, 3.63) is 41.9 Å². The zero-order valence-electron chi connectivity index (χ0n) is 7.56. The maximum atomic E-state index is 9.64. The first-order chi connectivity index (χ1) is 6.82. The molecule has 0 atom stereocenters. The van der Waals surface area contributed by atoms with Crippen LogP contribution in [-0.2, 0) is 21.7 Å². The Hall–Kier alpha value is -1.64. The first-order valence-corrected chi connectivity index (χ1v) is 4.64. The van der Waals surface area contributed by atoms with Gasteiger partial charge in [-0.05, 0) is 12.5 Å². The molecular formula is C11H10O3. The van der Waals surface area contributed by atoms with Gasteiger partial charge in [0.05, 0.1) is 0 Å². The van der Waals surface area contributed by atoms with Gasteiger partial charge in [-0.15, -0.1) is 0 Å². The van der Waals surface area contributed by atoms with Gasteiger partial charge in [0.1, 0.15) is 18.3 Å². The number of ether oxygens (including phenoxy) is 2. The smallest absolute Gasteiger partial charge is 0.277 e. The molecule has 1 heterocycles. The molecular weight excluding hydrogens is 180 g/mol. The number of aromatic hydroxyl groups is 1. The lowest BCUT2D eigenvalue weighted by Gasteiger charge is -2.23. The molecule has 0 aromatic heterocycles. The van der Waals surface area contributed by atoms with E-state index in [1.807, 2.05) is 12.1 Å². The summed E-state index contributed by atoms with van der Waals surface area (Å²) in [4.78, 5) is 0. The summed E-state index contributed by atoms with van der Waals surface area (Å²) in [6.07, 6.45) is 4.66. The van der Waals surface area contributed by atoms with Crippen molar-refractivity contribution < 1.29 is 14.6 Å². The molecule has 1 spiro atoms. The van der Waals surface area contributed by atoms with Crippen molar-refractivity contribution in [1.29, 1.82) is 0 Å². The van der Waals surface area contributed by atoms with Crippen LogP contribution in [0.2, 0.25) is 0 Å². The average Bonchev–Trinajstić information content (AvgIpc) is 2.78. The van der Waals surface area contributed by atoms with Gasteiger partial charge >= 0.3 is 0 Å². The summed E-state index contributed by atoms with van der Waals surface area (Å²) >= 11 is 0. The van der Waals surface area contributed by atoms with Gasteiger partial charge in [-0.25, -0.2) is 0 Å². The lowest BCUT2D eigenvalue weighted by molar-refractivity contribution is -0.147. The minimum absolute atomic E-state index is 0.332. The molecule has 2 aliphatic rings. The van der Waals surface area contributed by atoms with Crippen molar-refractivity contribution in [3.63, 3.8) is 0 Å². The van der Waals surface area contributed by atoms with Crippen LogP contribution in [0.25, 0.3) is 0 Å². The molecule has 1 aliphatic carbocycles. The zero-order valence-corrected chi connectivity index (χ0v) is 7.56. The van der Waals surface area contributed by atoms with E-state index in [1.54, 1.807) is 18.6 Å². The quantitative estimate of drug-likeness (QED) is 0.680. The number of rotatable bonds is 0. The second-order valence-electron chi connectivity index (χ2n) is 3.56. The Balaban J connectivity index is 2.15. The lowest BCUT2D eigenvalue weighted by atomic mass is 10.1. The Labute approximate surface area is 81.6 Å². The number of hydrogen-bond acceptors (Lipinski definition) is 3. The van der Waals surface area contributed by atoms with Crippen LogP contribution in [0.1, 0.15) is 17.5 Å². The fourth-order valence-electron chi connectivity index (χ4n) is 2.17. The third-order valence-corrected chi connectivity index (χ3v) is 2.84. The number of benzene rings is 1. The van der Waals surface area contributed by atoms with E-state index >= 15 is 0 Å². The van der Waals surface area contributed by atoms with Crippen LogP contribution < -0.4 is 0 Å². The van der Waals surface area contributed by atoms with E-state index in [0.717, 1.165) is 24.0 Å². The highest BCUT2D eigenvalue weighted by Crippen LogP contribution is 2.46. The maximum absolute atomic E-state index is 9.64. The number of phenolic OH excluding ortho intramolecular Hbond substituents is 1. The Morgan fingerprint density at radius 2 is 2.00 bits per heavy atom. The van der Waals surface area contributed by atoms with Crippen molar-refractivity contribution in [2.75, 3.05) is 0 Å². The van der Waals surface area contributed by atoms with Crippen molar-refractivity contribution >= 4 is 0 Å². The molecule has 0 saturated heterocycles. The first-order valence-electron chi connectivity index (χ1n) is 4.64. The SMILES string of the molecule is Oc1cccc2c1CCC21OC=CO1. The second kappa shape index (κ2) is 2.44. The van der Waals surface area contributed by atoms with Gasteiger partial charge in [0, 0.05) is 17.5 Å². The molecule has 0 amide bonds. The van der Waals surface area contributed by atoms with E-state index in [1.165, 1.54) is 0 Å². The Kier molecular flexibility index (Phi) is 1.35. The molecule has 72 valence electrons. The van der Waals surface area contributed by atoms with Gasteiger partial charge in [0.15, 0.2) is 0 Å². The van der Waals surface area contributed by atoms with E-state index in [9.17, 15) is 5.11 Å². The molecule has 1 aromatic carbocycles. The third-order valence-electron chi connectivity index (χ3n) is 2.84. The molecule has 0 bridgehead atoms. The lowest BCUT2D eigenvalue weighted by Crippen LogP contribution is -2.23. The fraction of sp³-hybridized carbons (Fsp3) is 0.273. The monoisotopic (exact) mass is 190 g/mol. The topological polar surface area (TPSA) is 38.7 Å². The Morgan fingerprint density at radius 1 is 1.21 bits per heavy atom. The van der Waals surface area contributed by atoms with Crippen LogP contribution in [0.4, 0.5) is 0 Å². The largest absolute Gasteiger partial charge is 0.508 e. The fourth-order valence-corrected chi connectivity index (χ4v) is 2.17. The molecule has 0 fully saturated rings. The molecule has 3 heteroatoms. The van der Waals surface area contributed by atoms with Gasteiger partial charge in [-0.1, -0.05) is 12.1 Å². The number of phenols is 1. The second-order valence-corrected chi connectivity index (χ2v) is 3.56. The van der Waals surface area contributed by atoms with Crippen molar-refractivity contribution in [2.45, 2.75) is 18.6 Å². The highest BCUT2D eigenvalue weighted by atomic mass is 16.7. The normalized spacial score (nSPS) is 20.6. The van der Waals surface area contributed by atoms with Crippen LogP contribution >= 0.6 is 0 Å². The van der Waals surface area contributed by atoms with Crippen LogP contribution in [0.15, 0.2) is 30.7 Å². The minimum atomic E-state index is -0.659. The standard InChI is InChI=1S/C11H10O3/c12-10-3-1-2-9-8(10)4-5-11(9)13-6-7-14-11/h1-3,6-7,12H,4-5H2. The zero-order chi connectivity index (χ0) is 9.60. The Bertz CT molecular complexity index is 401. The first kappa shape index (κ1) is 7.74. The van der Waals surface area contributed by atoms with Crippen LogP contribution in [-0.4, -0.2) is 5.11 Å². The van der Waals surface area contributed by atoms with Gasteiger partial charge < -0.3 is 14.6 Å². The van der Waals surface area contributed by atoms with Gasteiger partial charge in [-0.2, -0.15) is 0 Å². The molecule has 1 aliphatic heterocycles. The summed E-state index contributed by atoms with van der Waals surface area (Å²) in [5.74, 6) is -0.327. The van der Waals surface area contributed by atoms with Crippen LogP contribution in [0.5, 0.6) is 5.75 Å². The third kappa shape index (κ3) is 0.816. The predicted octanol–water partition coefficient (Wildman–Crippen LogP) is 2.01. The molecule has 1 N–H and O–H groups in total. The van der Waals surface area contributed by atoms with E-state index in [4.69, 9.17) is 9.47 Å². The summed E-state index contributed by atoms with van der Waals surface area (Å²) < 4.78 is 10.9. The van der Waals surface area contributed by atoms with Crippen molar-refractivity contribution in [2.24, 2.45) is 0 Å². The minimum Gasteiger partial charge on any atom is -0.508 e. The van der Waals surface area contributed by atoms with E-state index in [-0.39, 0.29) is 0 Å². The average molecular weight is 190 g/mol. The van der Waals surface area contributed by atoms with E-state index < -0.39 is 5.79 Å². The van der Waals surface area contributed by atoms with E-state index in [0.29, 0.717) is 5.75 Å². The van der Waals surface area contributed by atoms with Crippen molar-refractivity contribution in [3.8, 4) is 5.75 Å². The van der Waals surface area contributed by atoms with Gasteiger partial charge in [0.2, 0.25) is 0 Å². The number of hydrogen-bond donors (Lipinski definition) is 1. The molecule has 0 unspecified atom stereocenters. The molecule has 1 aromatic rings.